The summed E-state index contributed by atoms with van der Waals surface area (Å²) in [5, 5.41) is 3.18. The van der Waals surface area contributed by atoms with Crippen molar-refractivity contribution in [2.45, 2.75) is 12.5 Å². The van der Waals surface area contributed by atoms with Crippen LogP contribution >= 0.6 is 15.9 Å². The van der Waals surface area contributed by atoms with Gasteiger partial charge in [0, 0.05) is 13.1 Å². The molecule has 0 saturated heterocycles. The van der Waals surface area contributed by atoms with E-state index >= 15 is 0 Å². The van der Waals surface area contributed by atoms with Crippen LogP contribution in [0.15, 0.2) is 21.2 Å². The molecule has 0 aliphatic carbocycles. The smallest absolute Gasteiger partial charge is 0.333 e. The molecule has 18 heavy (non-hydrogen) atoms. The first-order chi connectivity index (χ1) is 8.40. The molecule has 1 unspecified atom stereocenters. The summed E-state index contributed by atoms with van der Waals surface area (Å²) in [6, 6.07) is 3.51. The zero-order chi connectivity index (χ0) is 13.8. The van der Waals surface area contributed by atoms with Crippen LogP contribution in [0.25, 0.3) is 0 Å². The number of hydrogen-bond donors (Lipinski definition) is 1. The lowest BCUT2D eigenvalue weighted by atomic mass is 9.99. The number of rotatable bonds is 6. The summed E-state index contributed by atoms with van der Waals surface area (Å²) in [6.07, 6.45) is 0. The SMILES string of the molecule is COC(=O)C(C)(NCCN(C)C)c1ccc(Br)o1. The molecule has 0 bridgehead atoms. The Morgan fingerprint density at radius 3 is 2.67 bits per heavy atom. The molecule has 1 aromatic heterocycles. The topological polar surface area (TPSA) is 54.7 Å². The van der Waals surface area contributed by atoms with Gasteiger partial charge in [-0.25, -0.2) is 4.79 Å². The third-order valence-corrected chi connectivity index (χ3v) is 3.12. The Bertz CT molecular complexity index is 406. The van der Waals surface area contributed by atoms with Gasteiger partial charge in [-0.3, -0.25) is 5.32 Å². The van der Waals surface area contributed by atoms with Crippen LogP contribution < -0.4 is 5.32 Å². The number of nitrogens with one attached hydrogen (secondary N) is 1. The minimum absolute atomic E-state index is 0.372. The summed E-state index contributed by atoms with van der Waals surface area (Å²) in [6.45, 7) is 3.21. The molecule has 0 saturated carbocycles. The van der Waals surface area contributed by atoms with Gasteiger partial charge in [-0.2, -0.15) is 0 Å². The van der Waals surface area contributed by atoms with Crippen molar-refractivity contribution in [2.75, 3.05) is 34.3 Å². The van der Waals surface area contributed by atoms with E-state index in [1.165, 1.54) is 7.11 Å². The summed E-state index contributed by atoms with van der Waals surface area (Å²) in [7, 11) is 5.31. The molecular weight excluding hydrogens is 300 g/mol. The molecule has 6 heteroatoms. The van der Waals surface area contributed by atoms with E-state index < -0.39 is 5.54 Å². The standard InChI is InChI=1S/C12H19BrN2O3/c1-12(11(16)17-4,14-7-8-15(2)3)9-5-6-10(13)18-9/h5-6,14H,7-8H2,1-4H3. The predicted octanol–water partition coefficient (Wildman–Crippen LogP) is 1.58. The maximum atomic E-state index is 11.9. The number of likely N-dealkylation sites (N-methyl/N-ethyl adjacent to an activating group) is 1. The van der Waals surface area contributed by atoms with Crippen molar-refractivity contribution in [1.82, 2.24) is 10.2 Å². The predicted molar refractivity (Wildman–Crippen MR) is 72.3 cm³/mol. The molecule has 0 spiro atoms. The van der Waals surface area contributed by atoms with Gasteiger partial charge in [-0.1, -0.05) is 0 Å². The molecular formula is C12H19BrN2O3. The van der Waals surface area contributed by atoms with Gasteiger partial charge in [-0.15, -0.1) is 0 Å². The number of halogens is 1. The Hall–Kier alpha value is -0.850. The van der Waals surface area contributed by atoms with E-state index in [9.17, 15) is 4.79 Å². The van der Waals surface area contributed by atoms with Crippen LogP contribution in [0.1, 0.15) is 12.7 Å². The van der Waals surface area contributed by atoms with Crippen molar-refractivity contribution in [2.24, 2.45) is 0 Å². The Kier molecular flexibility index (Phi) is 5.37. The van der Waals surface area contributed by atoms with Gasteiger partial charge in [0.25, 0.3) is 0 Å². The van der Waals surface area contributed by atoms with Crippen LogP contribution in [-0.4, -0.2) is 45.2 Å². The summed E-state index contributed by atoms with van der Waals surface area (Å²) in [4.78, 5) is 14.0. The summed E-state index contributed by atoms with van der Waals surface area (Å²) >= 11 is 3.23. The van der Waals surface area contributed by atoms with Gasteiger partial charge >= 0.3 is 5.97 Å². The highest BCUT2D eigenvalue weighted by atomic mass is 79.9. The lowest BCUT2D eigenvalue weighted by molar-refractivity contribution is -0.149. The van der Waals surface area contributed by atoms with Crippen LogP contribution in [0.4, 0.5) is 0 Å². The molecule has 1 aromatic rings. The van der Waals surface area contributed by atoms with E-state index in [4.69, 9.17) is 9.15 Å². The molecule has 0 aliphatic heterocycles. The van der Waals surface area contributed by atoms with Gasteiger partial charge in [-0.05, 0) is 49.1 Å². The minimum atomic E-state index is -0.975. The van der Waals surface area contributed by atoms with Crippen LogP contribution in [0.2, 0.25) is 0 Å². The molecule has 1 N–H and O–H groups in total. The second-order valence-corrected chi connectivity index (χ2v) is 5.23. The number of carbonyl (C=O) groups is 1. The minimum Gasteiger partial charge on any atom is -0.467 e. The van der Waals surface area contributed by atoms with E-state index in [1.807, 2.05) is 19.0 Å². The Morgan fingerprint density at radius 1 is 1.56 bits per heavy atom. The zero-order valence-corrected chi connectivity index (χ0v) is 12.7. The fraction of sp³-hybridized carbons (Fsp3) is 0.583. The van der Waals surface area contributed by atoms with Crippen molar-refractivity contribution in [3.05, 3.63) is 22.6 Å². The Balaban J connectivity index is 2.85. The average Bonchev–Trinajstić information content (AvgIpc) is 2.74. The van der Waals surface area contributed by atoms with E-state index in [0.29, 0.717) is 17.0 Å². The van der Waals surface area contributed by atoms with Gasteiger partial charge in [0.15, 0.2) is 10.2 Å². The quantitative estimate of drug-likeness (QED) is 0.807. The fourth-order valence-electron chi connectivity index (χ4n) is 1.58. The molecule has 0 radical (unpaired) electrons. The largest absolute Gasteiger partial charge is 0.467 e. The van der Waals surface area contributed by atoms with Crippen molar-refractivity contribution in [3.63, 3.8) is 0 Å². The molecule has 1 rings (SSSR count). The first-order valence-electron chi connectivity index (χ1n) is 5.64. The third-order valence-electron chi connectivity index (χ3n) is 2.70. The van der Waals surface area contributed by atoms with Crippen LogP contribution in [-0.2, 0) is 15.1 Å². The van der Waals surface area contributed by atoms with Crippen LogP contribution in [0.5, 0.6) is 0 Å². The molecule has 0 amide bonds. The van der Waals surface area contributed by atoms with Gasteiger partial charge in [0.05, 0.1) is 7.11 Å². The number of carbonyl (C=O) groups excluding carboxylic acids is 1. The summed E-state index contributed by atoms with van der Waals surface area (Å²) in [5.74, 6) is 0.156. The number of ether oxygens (including phenoxy) is 1. The molecule has 1 atom stereocenters. The lowest BCUT2D eigenvalue weighted by Gasteiger charge is -2.26. The molecule has 1 heterocycles. The van der Waals surface area contributed by atoms with Gasteiger partial charge < -0.3 is 14.1 Å². The van der Waals surface area contributed by atoms with E-state index in [0.717, 1.165) is 6.54 Å². The molecule has 0 fully saturated rings. The average molecular weight is 319 g/mol. The highest BCUT2D eigenvalue weighted by Crippen LogP contribution is 2.26. The second kappa shape index (κ2) is 6.36. The molecule has 0 aliphatic rings. The Morgan fingerprint density at radius 2 is 2.22 bits per heavy atom. The Labute approximate surface area is 116 Å². The van der Waals surface area contributed by atoms with E-state index in [-0.39, 0.29) is 5.97 Å². The molecule has 5 nitrogen and oxygen atoms in total. The van der Waals surface area contributed by atoms with Crippen molar-refractivity contribution in [1.29, 1.82) is 0 Å². The summed E-state index contributed by atoms with van der Waals surface area (Å²) < 4.78 is 10.9. The first-order valence-corrected chi connectivity index (χ1v) is 6.43. The van der Waals surface area contributed by atoms with Crippen molar-refractivity contribution < 1.29 is 13.9 Å². The number of furan rings is 1. The first kappa shape index (κ1) is 15.2. The monoisotopic (exact) mass is 318 g/mol. The highest BCUT2D eigenvalue weighted by molar-refractivity contribution is 9.10. The van der Waals surface area contributed by atoms with Crippen LogP contribution in [0, 0.1) is 0 Å². The van der Waals surface area contributed by atoms with Crippen molar-refractivity contribution >= 4 is 21.9 Å². The highest BCUT2D eigenvalue weighted by Gasteiger charge is 2.39. The van der Waals surface area contributed by atoms with Crippen LogP contribution in [0.3, 0.4) is 0 Å². The lowest BCUT2D eigenvalue weighted by Crippen LogP contribution is -2.49. The summed E-state index contributed by atoms with van der Waals surface area (Å²) in [5.41, 5.74) is -0.975. The number of nitrogens with zero attached hydrogens (tertiary/aromatic N) is 1. The van der Waals surface area contributed by atoms with E-state index in [1.54, 1.807) is 19.1 Å². The van der Waals surface area contributed by atoms with Gasteiger partial charge in [0.2, 0.25) is 0 Å². The normalized spacial score (nSPS) is 14.6. The second-order valence-electron chi connectivity index (χ2n) is 4.45. The third kappa shape index (κ3) is 3.57. The number of methoxy groups -OCH3 is 1. The number of esters is 1. The van der Waals surface area contributed by atoms with E-state index in [2.05, 4.69) is 21.2 Å². The maximum absolute atomic E-state index is 11.9. The number of hydrogen-bond acceptors (Lipinski definition) is 5. The van der Waals surface area contributed by atoms with Gasteiger partial charge in [0.1, 0.15) is 5.76 Å². The molecule has 102 valence electrons. The maximum Gasteiger partial charge on any atom is 0.333 e. The molecule has 0 aromatic carbocycles. The fourth-order valence-corrected chi connectivity index (χ4v) is 1.88. The zero-order valence-electron chi connectivity index (χ0n) is 11.1. The van der Waals surface area contributed by atoms with Crippen molar-refractivity contribution in [3.8, 4) is 0 Å².